The van der Waals surface area contributed by atoms with Gasteiger partial charge in [0.15, 0.2) is 0 Å². The number of pyridine rings is 1. The Kier molecular flexibility index (Phi) is 5.11. The molecule has 2 aliphatic heterocycles. The number of nitrogens with zero attached hydrogens (tertiary/aromatic N) is 3. The number of carbonyl (C=O) groups excluding carboxylic acids is 1. The van der Waals surface area contributed by atoms with Crippen LogP contribution in [0.3, 0.4) is 0 Å². The zero-order valence-electron chi connectivity index (χ0n) is 12.1. The number of hydrogen-bond acceptors (Lipinski definition) is 5. The molecule has 3 heterocycles. The number of rotatable bonds is 3. The van der Waals surface area contributed by atoms with Gasteiger partial charge in [0.1, 0.15) is 6.04 Å². The van der Waals surface area contributed by atoms with Gasteiger partial charge in [-0.2, -0.15) is 11.8 Å². The average molecular weight is 307 g/mol. The van der Waals surface area contributed by atoms with E-state index in [4.69, 9.17) is 4.74 Å². The summed E-state index contributed by atoms with van der Waals surface area (Å²) in [5.74, 6) is 2.29. The summed E-state index contributed by atoms with van der Waals surface area (Å²) in [4.78, 5) is 21.4. The van der Waals surface area contributed by atoms with Gasteiger partial charge in [-0.1, -0.05) is 6.07 Å². The molecule has 0 saturated carbocycles. The van der Waals surface area contributed by atoms with Crippen molar-refractivity contribution in [2.45, 2.75) is 6.04 Å². The monoisotopic (exact) mass is 307 g/mol. The minimum atomic E-state index is -0.217. The molecule has 1 aromatic rings. The second-order valence-electron chi connectivity index (χ2n) is 5.27. The number of hydrogen-bond donors (Lipinski definition) is 0. The number of morpholine rings is 1. The first-order chi connectivity index (χ1) is 10.4. The van der Waals surface area contributed by atoms with Crippen molar-refractivity contribution in [3.63, 3.8) is 0 Å². The van der Waals surface area contributed by atoms with Crippen LogP contribution in [0, 0.1) is 0 Å². The Balaban J connectivity index is 1.82. The molecule has 5 nitrogen and oxygen atoms in total. The Bertz CT molecular complexity index is 459. The van der Waals surface area contributed by atoms with Crippen LogP contribution in [0.2, 0.25) is 0 Å². The van der Waals surface area contributed by atoms with Gasteiger partial charge in [-0.05, 0) is 11.6 Å². The molecule has 0 radical (unpaired) electrons. The van der Waals surface area contributed by atoms with Gasteiger partial charge < -0.3 is 9.64 Å². The summed E-state index contributed by atoms with van der Waals surface area (Å²) in [6.07, 6.45) is 3.57. The predicted molar refractivity (Wildman–Crippen MR) is 83.3 cm³/mol. The van der Waals surface area contributed by atoms with E-state index >= 15 is 0 Å². The Morgan fingerprint density at radius 3 is 2.67 bits per heavy atom. The van der Waals surface area contributed by atoms with Crippen molar-refractivity contribution in [2.24, 2.45) is 0 Å². The number of ether oxygens (including phenoxy) is 1. The van der Waals surface area contributed by atoms with Crippen LogP contribution in [0.5, 0.6) is 0 Å². The average Bonchev–Trinajstić information content (AvgIpc) is 2.58. The smallest absolute Gasteiger partial charge is 0.244 e. The molecule has 0 bridgehead atoms. The fraction of sp³-hybridized carbons (Fsp3) is 0.600. The Labute approximate surface area is 129 Å². The number of carbonyl (C=O) groups is 1. The van der Waals surface area contributed by atoms with Gasteiger partial charge in [0.2, 0.25) is 5.91 Å². The van der Waals surface area contributed by atoms with E-state index in [0.717, 1.165) is 43.2 Å². The molecule has 3 rings (SSSR count). The summed E-state index contributed by atoms with van der Waals surface area (Å²) in [5.41, 5.74) is 0.989. The lowest BCUT2D eigenvalue weighted by molar-refractivity contribution is -0.138. The minimum absolute atomic E-state index is 0.213. The summed E-state index contributed by atoms with van der Waals surface area (Å²) < 4.78 is 5.43. The zero-order chi connectivity index (χ0) is 14.5. The van der Waals surface area contributed by atoms with Crippen molar-refractivity contribution in [3.05, 3.63) is 30.1 Å². The molecule has 6 heteroatoms. The number of thioether (sulfide) groups is 1. The van der Waals surface area contributed by atoms with Crippen LogP contribution in [0.1, 0.15) is 11.6 Å². The minimum Gasteiger partial charge on any atom is -0.379 e. The fourth-order valence-electron chi connectivity index (χ4n) is 2.84. The standard InChI is InChI=1S/C15H21N3O2S/c19-15(18-6-10-21-11-7-18)14(13-2-1-3-16-12-13)17-4-8-20-9-5-17/h1-3,12,14H,4-11H2. The maximum absolute atomic E-state index is 13.0. The van der Waals surface area contributed by atoms with Crippen LogP contribution in [0.4, 0.5) is 0 Å². The van der Waals surface area contributed by atoms with E-state index in [1.165, 1.54) is 0 Å². The molecule has 0 aliphatic carbocycles. The fourth-order valence-corrected chi connectivity index (χ4v) is 3.74. The Morgan fingerprint density at radius 1 is 1.24 bits per heavy atom. The SMILES string of the molecule is O=C(C(c1cccnc1)N1CCOCC1)N1CCSCC1. The van der Waals surface area contributed by atoms with E-state index in [1.807, 2.05) is 35.0 Å². The van der Waals surface area contributed by atoms with Gasteiger partial charge in [0.25, 0.3) is 0 Å². The van der Waals surface area contributed by atoms with E-state index < -0.39 is 0 Å². The highest BCUT2D eigenvalue weighted by Crippen LogP contribution is 2.25. The van der Waals surface area contributed by atoms with Gasteiger partial charge in [0.05, 0.1) is 13.2 Å². The zero-order valence-corrected chi connectivity index (χ0v) is 12.9. The van der Waals surface area contributed by atoms with Crippen molar-refractivity contribution in [1.82, 2.24) is 14.8 Å². The van der Waals surface area contributed by atoms with Crippen LogP contribution < -0.4 is 0 Å². The summed E-state index contributed by atoms with van der Waals surface area (Å²) in [6.45, 7) is 4.69. The molecular formula is C15H21N3O2S. The molecule has 21 heavy (non-hydrogen) atoms. The van der Waals surface area contributed by atoms with Crippen molar-refractivity contribution in [2.75, 3.05) is 50.9 Å². The molecule has 1 aromatic heterocycles. The molecular weight excluding hydrogens is 286 g/mol. The molecule has 1 atom stereocenters. The lowest BCUT2D eigenvalue weighted by Crippen LogP contribution is -2.49. The summed E-state index contributed by atoms with van der Waals surface area (Å²) in [7, 11) is 0. The maximum Gasteiger partial charge on any atom is 0.244 e. The number of aromatic nitrogens is 1. The van der Waals surface area contributed by atoms with Crippen LogP contribution >= 0.6 is 11.8 Å². The number of amides is 1. The summed E-state index contributed by atoms with van der Waals surface area (Å²) in [6, 6.07) is 3.69. The van der Waals surface area contributed by atoms with Crippen LogP contribution in [-0.2, 0) is 9.53 Å². The summed E-state index contributed by atoms with van der Waals surface area (Å²) in [5, 5.41) is 0. The Hall–Kier alpha value is -1.11. The molecule has 114 valence electrons. The van der Waals surface area contributed by atoms with E-state index in [0.29, 0.717) is 13.2 Å². The lowest BCUT2D eigenvalue weighted by atomic mass is 10.1. The second kappa shape index (κ2) is 7.24. The van der Waals surface area contributed by atoms with E-state index in [9.17, 15) is 4.79 Å². The van der Waals surface area contributed by atoms with Gasteiger partial charge in [-0.15, -0.1) is 0 Å². The molecule has 0 spiro atoms. The molecule has 2 fully saturated rings. The van der Waals surface area contributed by atoms with Crippen LogP contribution in [0.15, 0.2) is 24.5 Å². The van der Waals surface area contributed by atoms with Crippen molar-refractivity contribution in [3.8, 4) is 0 Å². The third kappa shape index (κ3) is 3.56. The first kappa shape index (κ1) is 14.8. The quantitative estimate of drug-likeness (QED) is 0.835. The van der Waals surface area contributed by atoms with Crippen molar-refractivity contribution >= 4 is 17.7 Å². The van der Waals surface area contributed by atoms with Crippen LogP contribution in [-0.4, -0.2) is 71.6 Å². The second-order valence-corrected chi connectivity index (χ2v) is 6.50. The van der Waals surface area contributed by atoms with Crippen molar-refractivity contribution < 1.29 is 9.53 Å². The van der Waals surface area contributed by atoms with Gasteiger partial charge in [-0.3, -0.25) is 14.7 Å². The Morgan fingerprint density at radius 2 is 2.00 bits per heavy atom. The van der Waals surface area contributed by atoms with Gasteiger partial charge in [0, 0.05) is 50.1 Å². The van der Waals surface area contributed by atoms with Gasteiger partial charge in [-0.25, -0.2) is 0 Å². The molecule has 2 aliphatic rings. The largest absolute Gasteiger partial charge is 0.379 e. The maximum atomic E-state index is 13.0. The third-order valence-corrected chi connectivity index (χ3v) is 4.91. The first-order valence-electron chi connectivity index (χ1n) is 7.44. The predicted octanol–water partition coefficient (Wildman–Crippen LogP) is 1.03. The highest BCUT2D eigenvalue weighted by atomic mass is 32.2. The van der Waals surface area contributed by atoms with E-state index in [1.54, 1.807) is 6.20 Å². The van der Waals surface area contributed by atoms with Crippen LogP contribution in [0.25, 0.3) is 0 Å². The molecule has 1 unspecified atom stereocenters. The molecule has 0 N–H and O–H groups in total. The van der Waals surface area contributed by atoms with E-state index in [2.05, 4.69) is 9.88 Å². The third-order valence-electron chi connectivity index (χ3n) is 3.97. The first-order valence-corrected chi connectivity index (χ1v) is 8.60. The summed E-state index contributed by atoms with van der Waals surface area (Å²) >= 11 is 1.92. The topological polar surface area (TPSA) is 45.7 Å². The lowest BCUT2D eigenvalue weighted by Gasteiger charge is -2.37. The highest BCUT2D eigenvalue weighted by Gasteiger charge is 2.32. The normalized spacial score (nSPS) is 22.0. The molecule has 0 aromatic carbocycles. The van der Waals surface area contributed by atoms with Gasteiger partial charge >= 0.3 is 0 Å². The molecule has 1 amide bonds. The highest BCUT2D eigenvalue weighted by molar-refractivity contribution is 7.99. The molecule has 2 saturated heterocycles. The van der Waals surface area contributed by atoms with Crippen molar-refractivity contribution in [1.29, 1.82) is 0 Å². The van der Waals surface area contributed by atoms with E-state index in [-0.39, 0.29) is 11.9 Å².